The molecule has 8 heteroatoms. The summed E-state index contributed by atoms with van der Waals surface area (Å²) in [5, 5.41) is 2.62. The molecule has 3 rings (SSSR count). The third kappa shape index (κ3) is 4.89. The zero-order valence-electron chi connectivity index (χ0n) is 15.9. The van der Waals surface area contributed by atoms with Crippen molar-refractivity contribution in [3.8, 4) is 5.75 Å². The molecule has 0 unspecified atom stereocenters. The molecular weight excluding hydrogens is 378 g/mol. The topological polar surface area (TPSA) is 89.8 Å². The Kier molecular flexibility index (Phi) is 5.99. The van der Waals surface area contributed by atoms with Crippen LogP contribution < -0.4 is 10.1 Å². The third-order valence-corrected chi connectivity index (χ3v) is 6.08. The molecular formula is C20H23N3O4S. The fourth-order valence-corrected chi connectivity index (χ4v) is 3.40. The summed E-state index contributed by atoms with van der Waals surface area (Å²) in [5.74, 6) is 0.322. The number of hydrogen-bond donors (Lipinski definition) is 1. The van der Waals surface area contributed by atoms with Crippen molar-refractivity contribution in [3.05, 3.63) is 65.6 Å². The number of nitrogens with one attached hydrogen (secondary N) is 1. The molecule has 0 atom stereocenters. The molecule has 1 N–H and O–H groups in total. The average Bonchev–Trinajstić information content (AvgIpc) is 3.11. The molecule has 3 aromatic rings. The highest BCUT2D eigenvalue weighted by Crippen LogP contribution is 2.15. The van der Waals surface area contributed by atoms with Crippen LogP contribution in [0.25, 0.3) is 5.65 Å². The van der Waals surface area contributed by atoms with Gasteiger partial charge in [-0.1, -0.05) is 13.0 Å². The summed E-state index contributed by atoms with van der Waals surface area (Å²) in [5.41, 5.74) is 3.26. The van der Waals surface area contributed by atoms with Crippen LogP contribution in [0.5, 0.6) is 5.75 Å². The largest absolute Gasteiger partial charge is 0.487 e. The number of hydrogen-bond acceptors (Lipinski definition) is 5. The van der Waals surface area contributed by atoms with E-state index in [-0.39, 0.29) is 24.0 Å². The van der Waals surface area contributed by atoms with Gasteiger partial charge in [-0.3, -0.25) is 4.79 Å². The van der Waals surface area contributed by atoms with Gasteiger partial charge in [0.1, 0.15) is 18.0 Å². The third-order valence-electron chi connectivity index (χ3n) is 4.37. The number of amides is 1. The monoisotopic (exact) mass is 401 g/mol. The summed E-state index contributed by atoms with van der Waals surface area (Å²) in [4.78, 5) is 16.6. The van der Waals surface area contributed by atoms with Crippen molar-refractivity contribution in [3.63, 3.8) is 0 Å². The Balaban J connectivity index is 1.55. The van der Waals surface area contributed by atoms with Crippen LogP contribution in [0.1, 0.15) is 28.5 Å². The van der Waals surface area contributed by atoms with E-state index >= 15 is 0 Å². The molecule has 28 heavy (non-hydrogen) atoms. The zero-order chi connectivity index (χ0) is 20.1. The molecule has 0 aliphatic rings. The molecule has 0 spiro atoms. The normalized spacial score (nSPS) is 11.5. The molecule has 1 amide bonds. The first-order valence-corrected chi connectivity index (χ1v) is 10.8. The van der Waals surface area contributed by atoms with Gasteiger partial charge in [0.25, 0.3) is 5.91 Å². The Morgan fingerprint density at radius 3 is 2.64 bits per heavy atom. The van der Waals surface area contributed by atoms with Crippen LogP contribution in [-0.2, 0) is 16.4 Å². The Labute approximate surface area is 164 Å². The van der Waals surface area contributed by atoms with Crippen LogP contribution in [0.15, 0.2) is 48.8 Å². The second-order valence-corrected chi connectivity index (χ2v) is 8.93. The van der Waals surface area contributed by atoms with Crippen molar-refractivity contribution in [2.45, 2.75) is 20.5 Å². The second kappa shape index (κ2) is 8.43. The van der Waals surface area contributed by atoms with Crippen molar-refractivity contribution < 1.29 is 17.9 Å². The minimum Gasteiger partial charge on any atom is -0.487 e. The summed E-state index contributed by atoms with van der Waals surface area (Å²) < 4.78 is 30.6. The van der Waals surface area contributed by atoms with Crippen LogP contribution in [0.3, 0.4) is 0 Å². The van der Waals surface area contributed by atoms with E-state index in [0.29, 0.717) is 17.9 Å². The molecule has 0 radical (unpaired) electrons. The highest BCUT2D eigenvalue weighted by molar-refractivity contribution is 7.91. The van der Waals surface area contributed by atoms with E-state index in [2.05, 4.69) is 10.3 Å². The molecule has 0 saturated carbocycles. The number of pyridine rings is 1. The first kappa shape index (κ1) is 19.9. The Morgan fingerprint density at radius 2 is 1.96 bits per heavy atom. The molecule has 0 fully saturated rings. The van der Waals surface area contributed by atoms with E-state index in [9.17, 15) is 13.2 Å². The first-order chi connectivity index (χ1) is 13.4. The van der Waals surface area contributed by atoms with Gasteiger partial charge in [-0.25, -0.2) is 13.4 Å². The summed E-state index contributed by atoms with van der Waals surface area (Å²) in [6, 6.07) is 10.7. The van der Waals surface area contributed by atoms with E-state index in [0.717, 1.165) is 16.9 Å². The molecule has 7 nitrogen and oxygen atoms in total. The maximum atomic E-state index is 12.1. The van der Waals surface area contributed by atoms with E-state index in [4.69, 9.17) is 4.74 Å². The number of aryl methyl sites for hydroxylation is 1. The number of imidazole rings is 1. The second-order valence-electron chi connectivity index (χ2n) is 6.46. The fourth-order valence-electron chi connectivity index (χ4n) is 2.70. The highest BCUT2D eigenvalue weighted by atomic mass is 32.2. The van der Waals surface area contributed by atoms with E-state index in [1.807, 2.05) is 35.9 Å². The van der Waals surface area contributed by atoms with Crippen LogP contribution in [0.2, 0.25) is 0 Å². The minimum absolute atomic E-state index is 0.0606. The number of carbonyl (C=O) groups excluding carboxylic acids is 1. The Bertz CT molecular complexity index is 1070. The van der Waals surface area contributed by atoms with Crippen LogP contribution >= 0.6 is 0 Å². The maximum absolute atomic E-state index is 12.1. The lowest BCUT2D eigenvalue weighted by Gasteiger charge is -2.07. The average molecular weight is 401 g/mol. The summed E-state index contributed by atoms with van der Waals surface area (Å²) in [6.45, 7) is 4.01. The van der Waals surface area contributed by atoms with Crippen LogP contribution in [-0.4, -0.2) is 41.8 Å². The smallest absolute Gasteiger partial charge is 0.251 e. The van der Waals surface area contributed by atoms with Gasteiger partial charge in [-0.2, -0.15) is 0 Å². The van der Waals surface area contributed by atoms with Crippen molar-refractivity contribution in [1.29, 1.82) is 0 Å². The quantitative estimate of drug-likeness (QED) is 0.626. The van der Waals surface area contributed by atoms with Crippen LogP contribution in [0, 0.1) is 6.92 Å². The maximum Gasteiger partial charge on any atom is 0.251 e. The van der Waals surface area contributed by atoms with Gasteiger partial charge in [0.15, 0.2) is 9.84 Å². The van der Waals surface area contributed by atoms with Gasteiger partial charge in [0.05, 0.1) is 11.4 Å². The van der Waals surface area contributed by atoms with E-state index < -0.39 is 9.84 Å². The predicted octanol–water partition coefficient (Wildman–Crippen LogP) is 2.39. The number of sulfone groups is 1. The molecule has 2 aromatic heterocycles. The molecule has 148 valence electrons. The van der Waals surface area contributed by atoms with E-state index in [1.165, 1.54) is 0 Å². The predicted molar refractivity (Wildman–Crippen MR) is 107 cm³/mol. The summed E-state index contributed by atoms with van der Waals surface area (Å²) >= 11 is 0. The molecule has 0 bridgehead atoms. The minimum atomic E-state index is -3.09. The lowest BCUT2D eigenvalue weighted by molar-refractivity contribution is 0.0956. The van der Waals surface area contributed by atoms with Gasteiger partial charge in [-0.15, -0.1) is 0 Å². The van der Waals surface area contributed by atoms with Crippen LogP contribution in [0.4, 0.5) is 0 Å². The number of nitrogens with zero attached hydrogens (tertiary/aromatic N) is 2. The molecule has 2 heterocycles. The van der Waals surface area contributed by atoms with Crippen molar-refractivity contribution >= 4 is 21.4 Å². The number of aromatic nitrogens is 2. The fraction of sp³-hybridized carbons (Fsp3) is 0.300. The zero-order valence-corrected chi connectivity index (χ0v) is 16.7. The summed E-state index contributed by atoms with van der Waals surface area (Å²) in [6.07, 6.45) is 3.87. The molecule has 0 aliphatic heterocycles. The van der Waals surface area contributed by atoms with Gasteiger partial charge in [0.2, 0.25) is 0 Å². The SMILES string of the molecule is CCS(=O)(=O)CCNC(=O)c1ccc(OCc2cn3cccc(C)c3n2)cc1. The number of benzene rings is 1. The van der Waals surface area contributed by atoms with Gasteiger partial charge in [-0.05, 0) is 42.8 Å². The van der Waals surface area contributed by atoms with E-state index in [1.54, 1.807) is 31.2 Å². The number of fused-ring (bicyclic) bond motifs is 1. The van der Waals surface area contributed by atoms with Crippen molar-refractivity contribution in [2.24, 2.45) is 0 Å². The lowest BCUT2D eigenvalue weighted by atomic mass is 10.2. The number of ether oxygens (including phenoxy) is 1. The van der Waals surface area contributed by atoms with Crippen molar-refractivity contribution in [2.75, 3.05) is 18.1 Å². The highest BCUT2D eigenvalue weighted by Gasteiger charge is 2.10. The number of rotatable bonds is 8. The number of carbonyl (C=O) groups is 1. The van der Waals surface area contributed by atoms with Gasteiger partial charge in [0, 0.05) is 30.3 Å². The lowest BCUT2D eigenvalue weighted by Crippen LogP contribution is -2.29. The van der Waals surface area contributed by atoms with Gasteiger partial charge >= 0.3 is 0 Å². The molecule has 0 saturated heterocycles. The van der Waals surface area contributed by atoms with Crippen molar-refractivity contribution in [1.82, 2.24) is 14.7 Å². The Hall–Kier alpha value is -2.87. The summed E-state index contributed by atoms with van der Waals surface area (Å²) in [7, 11) is -3.09. The first-order valence-electron chi connectivity index (χ1n) is 9.02. The van der Waals surface area contributed by atoms with Gasteiger partial charge < -0.3 is 14.5 Å². The standard InChI is InChI=1S/C20H23N3O4S/c1-3-28(25,26)12-10-21-20(24)16-6-8-18(9-7-16)27-14-17-13-23-11-4-5-15(2)19(23)22-17/h4-9,11,13H,3,10,12,14H2,1-2H3,(H,21,24). The Morgan fingerprint density at radius 1 is 1.21 bits per heavy atom. The molecule has 0 aliphatic carbocycles. The molecule has 1 aromatic carbocycles.